The Morgan fingerprint density at radius 2 is 2.33 bits per heavy atom. The molecule has 102 valence electrons. The topological polar surface area (TPSA) is 78.1 Å². The molecule has 0 bridgehead atoms. The lowest BCUT2D eigenvalue weighted by Gasteiger charge is -2.34. The number of rotatable bonds is 4. The Morgan fingerprint density at radius 3 is 2.94 bits per heavy atom. The fourth-order valence-corrected chi connectivity index (χ4v) is 4.04. The second-order valence-electron chi connectivity index (χ2n) is 4.66. The van der Waals surface area contributed by atoms with E-state index in [2.05, 4.69) is 15.3 Å². The fraction of sp³-hybridized carbons (Fsp3) is 0.727. The minimum atomic E-state index is -3.44. The standard InChI is InChI=1S/C11H20N4O2S/c1-9-13-8-11(14-9)18(16,17)15-6-4-3-5-10(15)7-12-2/h8,10,12H,3-7H2,1-2H3,(H,13,14). The van der Waals surface area contributed by atoms with E-state index in [0.29, 0.717) is 18.9 Å². The van der Waals surface area contributed by atoms with Crippen LogP contribution in [0.15, 0.2) is 11.2 Å². The summed E-state index contributed by atoms with van der Waals surface area (Å²) in [4.78, 5) is 6.79. The summed E-state index contributed by atoms with van der Waals surface area (Å²) in [6, 6.07) is 0.0392. The minimum Gasteiger partial charge on any atom is -0.332 e. The van der Waals surface area contributed by atoms with Gasteiger partial charge in [-0.25, -0.2) is 13.4 Å². The number of nitrogens with one attached hydrogen (secondary N) is 2. The molecule has 1 saturated heterocycles. The fourth-order valence-electron chi connectivity index (χ4n) is 2.39. The van der Waals surface area contributed by atoms with Crippen LogP contribution in [0, 0.1) is 6.92 Å². The molecule has 0 amide bonds. The van der Waals surface area contributed by atoms with Crippen molar-refractivity contribution in [2.75, 3.05) is 20.1 Å². The Hall–Kier alpha value is -0.920. The van der Waals surface area contributed by atoms with Gasteiger partial charge in [-0.1, -0.05) is 6.42 Å². The van der Waals surface area contributed by atoms with Crippen LogP contribution in [-0.2, 0) is 10.0 Å². The van der Waals surface area contributed by atoms with E-state index >= 15 is 0 Å². The lowest BCUT2D eigenvalue weighted by molar-refractivity contribution is 0.248. The number of hydrogen-bond acceptors (Lipinski definition) is 4. The number of hydrogen-bond donors (Lipinski definition) is 2. The number of sulfonamides is 1. The Kier molecular flexibility index (Phi) is 4.04. The summed E-state index contributed by atoms with van der Waals surface area (Å²) in [6.45, 7) is 3.03. The van der Waals surface area contributed by atoms with E-state index < -0.39 is 10.0 Å². The number of H-pyrrole nitrogens is 1. The first-order valence-corrected chi connectivity index (χ1v) is 7.68. The highest BCUT2D eigenvalue weighted by molar-refractivity contribution is 7.89. The largest absolute Gasteiger partial charge is 0.332 e. The second kappa shape index (κ2) is 5.38. The molecule has 0 saturated carbocycles. The SMILES string of the molecule is CNCC1CCCCN1S(=O)(=O)c1cnc(C)[nH]1. The van der Waals surface area contributed by atoms with E-state index in [0.717, 1.165) is 19.3 Å². The van der Waals surface area contributed by atoms with Gasteiger partial charge in [0.1, 0.15) is 5.82 Å². The van der Waals surface area contributed by atoms with Crippen LogP contribution in [0.3, 0.4) is 0 Å². The van der Waals surface area contributed by atoms with Crippen molar-refractivity contribution in [2.24, 2.45) is 0 Å². The average Bonchev–Trinajstić information content (AvgIpc) is 2.78. The van der Waals surface area contributed by atoms with Crippen LogP contribution >= 0.6 is 0 Å². The molecule has 2 N–H and O–H groups in total. The predicted molar refractivity (Wildman–Crippen MR) is 68.8 cm³/mol. The third-order valence-electron chi connectivity index (χ3n) is 3.28. The molecule has 1 aliphatic rings. The van der Waals surface area contributed by atoms with Gasteiger partial charge in [-0.05, 0) is 26.8 Å². The van der Waals surface area contributed by atoms with Crippen LogP contribution in [-0.4, -0.2) is 48.9 Å². The van der Waals surface area contributed by atoms with Gasteiger partial charge in [0, 0.05) is 19.1 Å². The molecule has 0 radical (unpaired) electrons. The number of nitrogens with zero attached hydrogens (tertiary/aromatic N) is 2. The molecule has 6 nitrogen and oxygen atoms in total. The number of aromatic nitrogens is 2. The minimum absolute atomic E-state index is 0.0392. The van der Waals surface area contributed by atoms with Crippen molar-refractivity contribution in [1.82, 2.24) is 19.6 Å². The molecule has 1 fully saturated rings. The number of imidazole rings is 1. The van der Waals surface area contributed by atoms with Crippen LogP contribution in [0.1, 0.15) is 25.1 Å². The van der Waals surface area contributed by atoms with Crippen molar-refractivity contribution in [1.29, 1.82) is 0 Å². The van der Waals surface area contributed by atoms with E-state index in [1.807, 2.05) is 7.05 Å². The van der Waals surface area contributed by atoms with Crippen LogP contribution in [0.4, 0.5) is 0 Å². The molecular weight excluding hydrogens is 252 g/mol. The summed E-state index contributed by atoms with van der Waals surface area (Å²) in [7, 11) is -1.59. The first kappa shape index (κ1) is 13.5. The van der Waals surface area contributed by atoms with Crippen LogP contribution < -0.4 is 5.32 Å². The molecule has 1 atom stereocenters. The third kappa shape index (κ3) is 2.57. The summed E-state index contributed by atoms with van der Waals surface area (Å²) in [5, 5.41) is 3.26. The normalized spacial score (nSPS) is 22.2. The van der Waals surface area contributed by atoms with Crippen molar-refractivity contribution in [3.63, 3.8) is 0 Å². The summed E-state index contributed by atoms with van der Waals surface area (Å²) in [5.74, 6) is 0.621. The monoisotopic (exact) mass is 272 g/mol. The van der Waals surface area contributed by atoms with Gasteiger partial charge < -0.3 is 10.3 Å². The Morgan fingerprint density at radius 1 is 1.56 bits per heavy atom. The molecule has 0 spiro atoms. The average molecular weight is 272 g/mol. The quantitative estimate of drug-likeness (QED) is 0.835. The highest BCUT2D eigenvalue weighted by Gasteiger charge is 2.34. The maximum absolute atomic E-state index is 12.5. The van der Waals surface area contributed by atoms with Gasteiger partial charge >= 0.3 is 0 Å². The number of piperidine rings is 1. The van der Waals surface area contributed by atoms with Crippen molar-refractivity contribution >= 4 is 10.0 Å². The van der Waals surface area contributed by atoms with E-state index in [1.54, 1.807) is 11.2 Å². The summed E-state index contributed by atoms with van der Waals surface area (Å²) in [6.07, 6.45) is 4.32. The van der Waals surface area contributed by atoms with Gasteiger partial charge in [0.25, 0.3) is 10.0 Å². The molecule has 0 aromatic carbocycles. The van der Waals surface area contributed by atoms with Crippen LogP contribution in [0.5, 0.6) is 0 Å². The highest BCUT2D eigenvalue weighted by Crippen LogP contribution is 2.24. The van der Waals surface area contributed by atoms with Gasteiger partial charge in [-0.15, -0.1) is 0 Å². The van der Waals surface area contributed by atoms with Gasteiger partial charge in [-0.2, -0.15) is 4.31 Å². The van der Waals surface area contributed by atoms with E-state index in [9.17, 15) is 8.42 Å². The maximum Gasteiger partial charge on any atom is 0.260 e. The zero-order valence-corrected chi connectivity index (χ0v) is 11.6. The lowest BCUT2D eigenvalue weighted by Crippen LogP contribution is -2.47. The first-order valence-electron chi connectivity index (χ1n) is 6.23. The molecule has 2 heterocycles. The molecule has 1 aromatic rings. The maximum atomic E-state index is 12.5. The van der Waals surface area contributed by atoms with Crippen molar-refractivity contribution in [3.05, 3.63) is 12.0 Å². The van der Waals surface area contributed by atoms with Gasteiger partial charge in [0.05, 0.1) is 6.20 Å². The molecule has 1 unspecified atom stereocenters. The highest BCUT2D eigenvalue weighted by atomic mass is 32.2. The second-order valence-corrected chi connectivity index (χ2v) is 6.51. The van der Waals surface area contributed by atoms with E-state index in [-0.39, 0.29) is 11.1 Å². The summed E-state index contributed by atoms with van der Waals surface area (Å²) < 4.78 is 26.6. The molecule has 0 aliphatic carbocycles. The molecule has 2 rings (SSSR count). The summed E-state index contributed by atoms with van der Waals surface area (Å²) >= 11 is 0. The van der Waals surface area contributed by atoms with Crippen molar-refractivity contribution in [2.45, 2.75) is 37.3 Å². The van der Waals surface area contributed by atoms with Gasteiger partial charge in [0.2, 0.25) is 0 Å². The first-order chi connectivity index (χ1) is 8.55. The smallest absolute Gasteiger partial charge is 0.260 e. The molecule has 7 heteroatoms. The number of aryl methyl sites for hydroxylation is 1. The Bertz CT molecular complexity index is 495. The zero-order chi connectivity index (χ0) is 13.2. The predicted octanol–water partition coefficient (Wildman–Crippen LogP) is 0.481. The van der Waals surface area contributed by atoms with E-state index in [1.165, 1.54) is 6.20 Å². The third-order valence-corrected chi connectivity index (χ3v) is 5.14. The van der Waals surface area contributed by atoms with Crippen LogP contribution in [0.2, 0.25) is 0 Å². The molecular formula is C11H20N4O2S. The van der Waals surface area contributed by atoms with E-state index in [4.69, 9.17) is 0 Å². The Balaban J connectivity index is 2.27. The van der Waals surface area contributed by atoms with Gasteiger partial charge in [0.15, 0.2) is 5.03 Å². The molecule has 18 heavy (non-hydrogen) atoms. The van der Waals surface area contributed by atoms with Gasteiger partial charge in [-0.3, -0.25) is 0 Å². The zero-order valence-electron chi connectivity index (χ0n) is 10.8. The van der Waals surface area contributed by atoms with Crippen molar-refractivity contribution < 1.29 is 8.42 Å². The number of aromatic amines is 1. The lowest BCUT2D eigenvalue weighted by atomic mass is 10.1. The summed E-state index contributed by atoms with van der Waals surface area (Å²) in [5.41, 5.74) is 0. The molecule has 1 aliphatic heterocycles. The molecule has 1 aromatic heterocycles. The van der Waals surface area contributed by atoms with Crippen molar-refractivity contribution in [3.8, 4) is 0 Å². The Labute approximate surface area is 108 Å². The van der Waals surface area contributed by atoms with Crippen LogP contribution in [0.25, 0.3) is 0 Å². The number of likely N-dealkylation sites (N-methyl/N-ethyl adjacent to an activating group) is 1.